The summed E-state index contributed by atoms with van der Waals surface area (Å²) in [5.74, 6) is -0.0957. The second-order valence-electron chi connectivity index (χ2n) is 12.5. The topological polar surface area (TPSA) is 97.0 Å². The van der Waals surface area contributed by atoms with Gasteiger partial charge in [-0.1, -0.05) is 68.4 Å². The number of aryl methyl sites for hydroxylation is 1. The fraction of sp³-hybridized carbons (Fsp3) is 0.417. The molecule has 3 amide bonds. The number of methoxy groups -OCH3 is 1. The number of ether oxygens (including phenoxy) is 2. The Kier molecular flexibility index (Phi) is 11.6. The van der Waals surface area contributed by atoms with Crippen molar-refractivity contribution in [3.05, 3.63) is 95.6 Å². The van der Waals surface area contributed by atoms with Crippen molar-refractivity contribution >= 4 is 23.6 Å². The first kappa shape index (κ1) is 34.2. The van der Waals surface area contributed by atoms with Crippen molar-refractivity contribution < 1.29 is 23.9 Å². The van der Waals surface area contributed by atoms with Gasteiger partial charge in [0.15, 0.2) is 0 Å². The van der Waals surface area contributed by atoms with Crippen LogP contribution >= 0.6 is 0 Å². The molecule has 3 rings (SSSR count). The van der Waals surface area contributed by atoms with Gasteiger partial charge in [-0.3, -0.25) is 9.59 Å². The number of nitrogens with one attached hydrogen (secondary N) is 2. The van der Waals surface area contributed by atoms with Crippen LogP contribution in [-0.2, 0) is 27.2 Å². The maximum Gasteiger partial charge on any atom is 0.408 e. The van der Waals surface area contributed by atoms with Crippen molar-refractivity contribution in [2.24, 2.45) is 0 Å². The van der Waals surface area contributed by atoms with E-state index in [4.69, 9.17) is 9.47 Å². The summed E-state index contributed by atoms with van der Waals surface area (Å²) in [6, 6.07) is 22.3. The molecule has 3 aromatic rings. The molecule has 2 unspecified atom stereocenters. The van der Waals surface area contributed by atoms with E-state index in [1.807, 2.05) is 75.4 Å². The van der Waals surface area contributed by atoms with Crippen molar-refractivity contribution in [1.82, 2.24) is 10.2 Å². The molecule has 0 saturated carbocycles. The summed E-state index contributed by atoms with van der Waals surface area (Å²) in [5, 5.41) is 5.84. The number of hydrogen-bond acceptors (Lipinski definition) is 5. The van der Waals surface area contributed by atoms with E-state index in [-0.39, 0.29) is 18.2 Å². The van der Waals surface area contributed by atoms with Gasteiger partial charge >= 0.3 is 6.09 Å². The predicted molar refractivity (Wildman–Crippen MR) is 175 cm³/mol. The van der Waals surface area contributed by atoms with Crippen LogP contribution in [0.2, 0.25) is 0 Å². The zero-order valence-corrected chi connectivity index (χ0v) is 27.3. The average Bonchev–Trinajstić information content (AvgIpc) is 2.99. The fourth-order valence-electron chi connectivity index (χ4n) is 4.85. The summed E-state index contributed by atoms with van der Waals surface area (Å²) in [7, 11) is 1.58. The molecule has 0 spiro atoms. The van der Waals surface area contributed by atoms with Crippen LogP contribution in [0.25, 0.3) is 0 Å². The van der Waals surface area contributed by atoms with Gasteiger partial charge in [-0.25, -0.2) is 4.79 Å². The third-order valence-electron chi connectivity index (χ3n) is 7.59. The number of alkyl carbamates (subject to hydrolysis) is 1. The van der Waals surface area contributed by atoms with E-state index in [0.29, 0.717) is 23.4 Å². The zero-order chi connectivity index (χ0) is 32.5. The van der Waals surface area contributed by atoms with Crippen molar-refractivity contribution in [1.29, 1.82) is 0 Å². The van der Waals surface area contributed by atoms with Gasteiger partial charge in [0.1, 0.15) is 23.4 Å². The van der Waals surface area contributed by atoms with E-state index in [0.717, 1.165) is 17.5 Å². The number of rotatable bonds is 12. The Labute approximate surface area is 262 Å². The van der Waals surface area contributed by atoms with Crippen molar-refractivity contribution in [3.63, 3.8) is 0 Å². The Hall–Kier alpha value is -4.33. The molecule has 0 heterocycles. The maximum absolute atomic E-state index is 14.8. The van der Waals surface area contributed by atoms with Crippen LogP contribution in [0.5, 0.6) is 5.75 Å². The Balaban J connectivity index is 2.12. The molecule has 8 heteroatoms. The van der Waals surface area contributed by atoms with Crippen molar-refractivity contribution in [2.75, 3.05) is 12.4 Å². The highest BCUT2D eigenvalue weighted by Crippen LogP contribution is 2.34. The molecule has 0 radical (unpaired) electrons. The molecule has 2 atom stereocenters. The Morgan fingerprint density at radius 1 is 0.818 bits per heavy atom. The van der Waals surface area contributed by atoms with Crippen LogP contribution in [0, 0.1) is 0 Å². The number of anilines is 1. The predicted octanol–water partition coefficient (Wildman–Crippen LogP) is 7.09. The van der Waals surface area contributed by atoms with Crippen LogP contribution in [0.3, 0.4) is 0 Å². The van der Waals surface area contributed by atoms with Gasteiger partial charge in [0.2, 0.25) is 5.91 Å². The summed E-state index contributed by atoms with van der Waals surface area (Å²) in [5.41, 5.74) is 1.69. The van der Waals surface area contributed by atoms with Crippen molar-refractivity contribution in [3.8, 4) is 5.75 Å². The van der Waals surface area contributed by atoms with E-state index >= 15 is 0 Å². The van der Waals surface area contributed by atoms with Crippen LogP contribution in [0.15, 0.2) is 78.9 Å². The van der Waals surface area contributed by atoms with Gasteiger partial charge < -0.3 is 25.0 Å². The van der Waals surface area contributed by atoms with Crippen molar-refractivity contribution in [2.45, 2.75) is 91.0 Å². The minimum absolute atomic E-state index is 0.219. The summed E-state index contributed by atoms with van der Waals surface area (Å²) in [6.07, 6.45) is 0.914. The van der Waals surface area contributed by atoms with E-state index in [2.05, 4.69) is 17.6 Å². The largest absolute Gasteiger partial charge is 0.497 e. The molecular weight excluding hydrogens is 554 g/mol. The summed E-state index contributed by atoms with van der Waals surface area (Å²) in [4.78, 5) is 43.7. The molecular formula is C36H47N3O5. The van der Waals surface area contributed by atoms with Gasteiger partial charge in [-0.05, 0) is 88.4 Å². The van der Waals surface area contributed by atoms with Crippen LogP contribution in [-0.4, -0.2) is 47.1 Å². The van der Waals surface area contributed by atoms with E-state index < -0.39 is 29.3 Å². The molecule has 0 aliphatic carbocycles. The highest BCUT2D eigenvalue weighted by atomic mass is 16.6. The first-order valence-electron chi connectivity index (χ1n) is 15.2. The Bertz CT molecular complexity index is 1380. The second-order valence-corrected chi connectivity index (χ2v) is 12.5. The molecule has 236 valence electrons. The van der Waals surface area contributed by atoms with Crippen LogP contribution < -0.4 is 15.4 Å². The minimum Gasteiger partial charge on any atom is -0.497 e. The van der Waals surface area contributed by atoms with Crippen LogP contribution in [0.1, 0.15) is 77.6 Å². The number of benzene rings is 3. The summed E-state index contributed by atoms with van der Waals surface area (Å²) >= 11 is 0. The fourth-order valence-corrected chi connectivity index (χ4v) is 4.85. The lowest BCUT2D eigenvalue weighted by atomic mass is 9.90. The van der Waals surface area contributed by atoms with E-state index in [1.54, 1.807) is 57.0 Å². The smallest absolute Gasteiger partial charge is 0.408 e. The molecule has 0 bridgehead atoms. The first-order chi connectivity index (χ1) is 20.8. The molecule has 0 saturated heterocycles. The highest BCUT2D eigenvalue weighted by molar-refractivity contribution is 5.99. The average molecular weight is 602 g/mol. The second kappa shape index (κ2) is 14.9. The lowest BCUT2D eigenvalue weighted by Crippen LogP contribution is -2.59. The molecule has 0 aromatic heterocycles. The minimum atomic E-state index is -0.996. The summed E-state index contributed by atoms with van der Waals surface area (Å²) in [6.45, 7) is 13.2. The number of amides is 3. The first-order valence-corrected chi connectivity index (χ1v) is 15.2. The standard InChI is InChI=1S/C36H47N3O5/c1-9-25-16-18-27(19-17-25)31(32(40)37-28-20-22-29(43-8)23-21-28)39(36(6,7)10-2)33(41)30(24-26-14-12-11-13-15-26)38-34(42)44-35(3,4)5/h11-23,30-31H,9-10,24H2,1-8H3,(H,37,40)(H,38,42). The molecule has 0 fully saturated rings. The van der Waals surface area contributed by atoms with Gasteiger partial charge in [0.25, 0.3) is 5.91 Å². The Morgan fingerprint density at radius 3 is 1.95 bits per heavy atom. The number of carbonyl (C=O) groups excluding carboxylic acids is 3. The third kappa shape index (κ3) is 9.33. The van der Waals surface area contributed by atoms with Crippen LogP contribution in [0.4, 0.5) is 10.5 Å². The van der Waals surface area contributed by atoms with E-state index in [9.17, 15) is 14.4 Å². The molecule has 2 N–H and O–H groups in total. The third-order valence-corrected chi connectivity index (χ3v) is 7.59. The number of hydrogen-bond donors (Lipinski definition) is 2. The maximum atomic E-state index is 14.8. The number of carbonyl (C=O) groups is 3. The number of nitrogens with zero attached hydrogens (tertiary/aromatic N) is 1. The summed E-state index contributed by atoms with van der Waals surface area (Å²) < 4.78 is 10.8. The Morgan fingerprint density at radius 2 is 1.43 bits per heavy atom. The van der Waals surface area contributed by atoms with Gasteiger partial charge in [-0.2, -0.15) is 0 Å². The molecule has 8 nitrogen and oxygen atoms in total. The molecule has 0 aliphatic heterocycles. The quantitative estimate of drug-likeness (QED) is 0.231. The zero-order valence-electron chi connectivity index (χ0n) is 27.3. The lowest BCUT2D eigenvalue weighted by molar-refractivity contribution is -0.147. The van der Waals surface area contributed by atoms with Gasteiger partial charge in [0.05, 0.1) is 7.11 Å². The molecule has 0 aliphatic rings. The highest BCUT2D eigenvalue weighted by Gasteiger charge is 2.43. The molecule has 44 heavy (non-hydrogen) atoms. The van der Waals surface area contributed by atoms with Gasteiger partial charge in [-0.15, -0.1) is 0 Å². The normalized spacial score (nSPS) is 12.9. The molecule has 3 aromatic carbocycles. The monoisotopic (exact) mass is 601 g/mol. The van der Waals surface area contributed by atoms with Gasteiger partial charge in [0, 0.05) is 17.6 Å². The van der Waals surface area contributed by atoms with E-state index in [1.165, 1.54) is 0 Å². The lowest BCUT2D eigenvalue weighted by Gasteiger charge is -2.44. The SMILES string of the molecule is CCc1ccc(C(C(=O)Nc2ccc(OC)cc2)N(C(=O)C(Cc2ccccc2)NC(=O)OC(C)(C)C)C(C)(C)CC)cc1.